The Hall–Kier alpha value is -4.48. The molecule has 11 heteroatoms. The van der Waals surface area contributed by atoms with E-state index < -0.39 is 0 Å². The standard InChI is InChI=1S/C26H23N9OS/c1-14-4-7-21(37-14)17-11-28-12-20-23(17)32-26(31-20)25-24-19(33-34-25)6-5-18(30-24)15-8-16(10-27-9-15)29-22(36)13-35(2)3/h4-12H,13H2,1-3H3,(H,29,36)(H,31,32)(H,33,34). The number of imidazole rings is 1. The molecule has 0 saturated carbocycles. The third-order valence-corrected chi connectivity index (χ3v) is 6.84. The summed E-state index contributed by atoms with van der Waals surface area (Å²) >= 11 is 1.71. The highest BCUT2D eigenvalue weighted by molar-refractivity contribution is 7.15. The van der Waals surface area contributed by atoms with Crippen molar-refractivity contribution in [3.8, 4) is 33.2 Å². The molecule has 0 aliphatic carbocycles. The number of fused-ring (bicyclic) bond motifs is 2. The summed E-state index contributed by atoms with van der Waals surface area (Å²) in [5.74, 6) is 0.497. The number of anilines is 1. The number of aromatic amines is 2. The van der Waals surface area contributed by atoms with Gasteiger partial charge in [0.05, 0.1) is 41.4 Å². The number of H-pyrrole nitrogens is 2. The van der Waals surface area contributed by atoms with Gasteiger partial charge < -0.3 is 15.2 Å². The van der Waals surface area contributed by atoms with Crippen LogP contribution < -0.4 is 5.32 Å². The van der Waals surface area contributed by atoms with Gasteiger partial charge in [-0.15, -0.1) is 11.3 Å². The Kier molecular flexibility index (Phi) is 5.70. The zero-order valence-electron chi connectivity index (χ0n) is 20.4. The average molecular weight is 510 g/mol. The average Bonchev–Trinajstić information content (AvgIpc) is 3.60. The van der Waals surface area contributed by atoms with Gasteiger partial charge in [0, 0.05) is 33.3 Å². The summed E-state index contributed by atoms with van der Waals surface area (Å²) in [7, 11) is 3.69. The lowest BCUT2D eigenvalue weighted by Gasteiger charge is -2.10. The molecule has 0 unspecified atom stereocenters. The zero-order valence-corrected chi connectivity index (χ0v) is 21.2. The van der Waals surface area contributed by atoms with Gasteiger partial charge in [-0.2, -0.15) is 5.10 Å². The van der Waals surface area contributed by atoms with Crippen LogP contribution in [0.4, 0.5) is 5.69 Å². The molecular weight excluding hydrogens is 486 g/mol. The summed E-state index contributed by atoms with van der Waals surface area (Å²) in [6.45, 7) is 2.37. The normalized spacial score (nSPS) is 11.6. The number of nitrogens with one attached hydrogen (secondary N) is 3. The van der Waals surface area contributed by atoms with E-state index in [0.29, 0.717) is 28.4 Å². The third kappa shape index (κ3) is 4.46. The topological polar surface area (TPSA) is 128 Å². The highest BCUT2D eigenvalue weighted by atomic mass is 32.1. The van der Waals surface area contributed by atoms with Crippen molar-refractivity contribution in [3.05, 3.63) is 60.0 Å². The number of hydrogen-bond donors (Lipinski definition) is 3. The molecule has 0 aliphatic rings. The lowest BCUT2D eigenvalue weighted by molar-refractivity contribution is -0.116. The maximum atomic E-state index is 12.2. The number of pyridine rings is 3. The first-order valence-electron chi connectivity index (χ1n) is 11.6. The van der Waals surface area contributed by atoms with E-state index in [0.717, 1.165) is 32.6 Å². The van der Waals surface area contributed by atoms with Gasteiger partial charge in [0.1, 0.15) is 11.0 Å². The van der Waals surface area contributed by atoms with Crippen molar-refractivity contribution in [3.63, 3.8) is 0 Å². The summed E-state index contributed by atoms with van der Waals surface area (Å²) in [5.41, 5.74) is 6.82. The van der Waals surface area contributed by atoms with Gasteiger partial charge in [0.2, 0.25) is 5.91 Å². The largest absolute Gasteiger partial charge is 0.335 e. The lowest BCUT2D eigenvalue weighted by atomic mass is 10.1. The molecule has 6 aromatic heterocycles. The SMILES string of the molecule is Cc1ccc(-c2cncc3[nH]c(-c4n[nH]c5ccc(-c6cncc(NC(=O)CN(C)C)c6)nc45)nc23)s1. The molecule has 0 aromatic carbocycles. The molecule has 0 fully saturated rings. The Balaban J connectivity index is 1.38. The molecule has 3 N–H and O–H groups in total. The van der Waals surface area contributed by atoms with E-state index in [-0.39, 0.29) is 12.5 Å². The second-order valence-corrected chi connectivity index (χ2v) is 10.3. The second kappa shape index (κ2) is 9.19. The predicted octanol–water partition coefficient (Wildman–Crippen LogP) is 4.50. The fourth-order valence-electron chi connectivity index (χ4n) is 4.17. The number of carbonyl (C=O) groups excluding carboxylic acids is 1. The van der Waals surface area contributed by atoms with Gasteiger partial charge in [-0.3, -0.25) is 19.9 Å². The number of carbonyl (C=O) groups is 1. The minimum absolute atomic E-state index is 0.110. The Morgan fingerprint density at radius 3 is 2.68 bits per heavy atom. The van der Waals surface area contributed by atoms with Gasteiger partial charge in [0.15, 0.2) is 11.5 Å². The van der Waals surface area contributed by atoms with Crippen LogP contribution in [0, 0.1) is 6.92 Å². The first-order chi connectivity index (χ1) is 17.9. The molecule has 6 rings (SSSR count). The van der Waals surface area contributed by atoms with E-state index in [9.17, 15) is 4.79 Å². The molecule has 10 nitrogen and oxygen atoms in total. The Morgan fingerprint density at radius 2 is 1.86 bits per heavy atom. The molecule has 6 heterocycles. The van der Waals surface area contributed by atoms with E-state index >= 15 is 0 Å². The number of thiophene rings is 1. The fraction of sp³-hybridized carbons (Fsp3) is 0.154. The number of nitrogens with zero attached hydrogens (tertiary/aromatic N) is 6. The number of rotatable bonds is 6. The number of likely N-dealkylation sites (N-methyl/N-ethyl adjacent to an activating group) is 1. The molecule has 0 bridgehead atoms. The molecule has 0 spiro atoms. The second-order valence-electron chi connectivity index (χ2n) is 8.99. The molecular formula is C26H23N9OS. The van der Waals surface area contributed by atoms with Gasteiger partial charge in [0.25, 0.3) is 0 Å². The van der Waals surface area contributed by atoms with Crippen molar-refractivity contribution in [2.24, 2.45) is 0 Å². The van der Waals surface area contributed by atoms with E-state index in [1.165, 1.54) is 4.88 Å². The van der Waals surface area contributed by atoms with Gasteiger partial charge in [-0.1, -0.05) is 0 Å². The molecule has 6 aromatic rings. The monoisotopic (exact) mass is 509 g/mol. The molecule has 0 aliphatic heterocycles. The first-order valence-corrected chi connectivity index (χ1v) is 12.4. The van der Waals surface area contributed by atoms with Crippen molar-refractivity contribution in [1.29, 1.82) is 0 Å². The minimum Gasteiger partial charge on any atom is -0.335 e. The van der Waals surface area contributed by atoms with Crippen LogP contribution in [0.2, 0.25) is 0 Å². The summed E-state index contributed by atoms with van der Waals surface area (Å²) in [5, 5.41) is 10.4. The molecule has 37 heavy (non-hydrogen) atoms. The molecule has 0 saturated heterocycles. The van der Waals surface area contributed by atoms with Crippen LogP contribution in [0.25, 0.3) is 55.3 Å². The van der Waals surface area contributed by atoms with Gasteiger partial charge in [-0.25, -0.2) is 9.97 Å². The van der Waals surface area contributed by atoms with Crippen LogP contribution >= 0.6 is 11.3 Å². The van der Waals surface area contributed by atoms with Crippen LogP contribution in [0.3, 0.4) is 0 Å². The molecule has 0 atom stereocenters. The summed E-state index contributed by atoms with van der Waals surface area (Å²) in [4.78, 5) is 38.2. The van der Waals surface area contributed by atoms with E-state index in [2.05, 4.69) is 49.5 Å². The number of aromatic nitrogens is 7. The predicted molar refractivity (Wildman–Crippen MR) is 145 cm³/mol. The van der Waals surface area contributed by atoms with Crippen molar-refractivity contribution < 1.29 is 4.79 Å². The van der Waals surface area contributed by atoms with Crippen LogP contribution in [-0.4, -0.2) is 66.6 Å². The Bertz CT molecular complexity index is 1760. The highest BCUT2D eigenvalue weighted by Crippen LogP contribution is 2.34. The maximum Gasteiger partial charge on any atom is 0.238 e. The van der Waals surface area contributed by atoms with E-state index in [1.54, 1.807) is 34.8 Å². The van der Waals surface area contributed by atoms with Crippen molar-refractivity contribution in [1.82, 2.24) is 40.0 Å². The molecule has 0 radical (unpaired) electrons. The highest BCUT2D eigenvalue weighted by Gasteiger charge is 2.18. The van der Waals surface area contributed by atoms with E-state index in [4.69, 9.17) is 9.97 Å². The van der Waals surface area contributed by atoms with Gasteiger partial charge in [-0.05, 0) is 51.4 Å². The smallest absolute Gasteiger partial charge is 0.238 e. The van der Waals surface area contributed by atoms with Gasteiger partial charge >= 0.3 is 0 Å². The Morgan fingerprint density at radius 1 is 1.00 bits per heavy atom. The number of aryl methyl sites for hydroxylation is 1. The molecule has 1 amide bonds. The Labute approximate surface area is 215 Å². The first kappa shape index (κ1) is 23.0. The quantitative estimate of drug-likeness (QED) is 0.302. The summed E-state index contributed by atoms with van der Waals surface area (Å²) < 4.78 is 0. The van der Waals surface area contributed by atoms with E-state index in [1.807, 2.05) is 38.5 Å². The number of amides is 1. The zero-order chi connectivity index (χ0) is 25.5. The maximum absolute atomic E-state index is 12.2. The third-order valence-electron chi connectivity index (χ3n) is 5.81. The number of hydrogen-bond acceptors (Lipinski definition) is 8. The van der Waals surface area contributed by atoms with Crippen LogP contribution in [-0.2, 0) is 4.79 Å². The fourth-order valence-corrected chi connectivity index (χ4v) is 5.04. The minimum atomic E-state index is -0.110. The lowest BCUT2D eigenvalue weighted by Crippen LogP contribution is -2.27. The van der Waals surface area contributed by atoms with Crippen LogP contribution in [0.15, 0.2) is 55.1 Å². The molecule has 184 valence electrons. The van der Waals surface area contributed by atoms with Crippen molar-refractivity contribution in [2.45, 2.75) is 6.92 Å². The van der Waals surface area contributed by atoms with Crippen molar-refractivity contribution in [2.75, 3.05) is 26.0 Å². The summed E-state index contributed by atoms with van der Waals surface area (Å²) in [6.07, 6.45) is 6.95. The van der Waals surface area contributed by atoms with Crippen molar-refractivity contribution >= 4 is 45.0 Å². The summed E-state index contributed by atoms with van der Waals surface area (Å²) in [6, 6.07) is 9.86. The van der Waals surface area contributed by atoms with Crippen LogP contribution in [0.1, 0.15) is 4.88 Å². The van der Waals surface area contributed by atoms with Crippen LogP contribution in [0.5, 0.6) is 0 Å².